The number of nitro groups is 1. The van der Waals surface area contributed by atoms with E-state index < -0.39 is 4.92 Å². The first-order valence-corrected chi connectivity index (χ1v) is 5.87. The van der Waals surface area contributed by atoms with Crippen molar-refractivity contribution in [1.29, 1.82) is 0 Å². The zero-order chi connectivity index (χ0) is 14.3. The molecule has 1 rings (SSSR count). The van der Waals surface area contributed by atoms with Crippen molar-refractivity contribution in [3.8, 4) is 0 Å². The topological polar surface area (TPSA) is 94.0 Å². The van der Waals surface area contributed by atoms with Crippen molar-refractivity contribution >= 4 is 5.69 Å². The molecule has 8 heteroatoms. The van der Waals surface area contributed by atoms with Crippen molar-refractivity contribution in [3.05, 3.63) is 45.2 Å². The van der Waals surface area contributed by atoms with E-state index in [9.17, 15) is 15.3 Å². The van der Waals surface area contributed by atoms with E-state index in [1.54, 1.807) is 18.2 Å². The summed E-state index contributed by atoms with van der Waals surface area (Å²) in [6.45, 7) is 4.49. The average Bonchev–Trinajstić information content (AvgIpc) is 2.40. The molecule has 1 aromatic carbocycles. The first kappa shape index (κ1) is 14.7. The van der Waals surface area contributed by atoms with Gasteiger partial charge in [0.15, 0.2) is 6.61 Å². The number of nitrogens with zero attached hydrogens (tertiary/aromatic N) is 4. The van der Waals surface area contributed by atoms with Gasteiger partial charge in [0.05, 0.1) is 28.5 Å². The van der Waals surface area contributed by atoms with E-state index in [1.807, 2.05) is 13.8 Å². The van der Waals surface area contributed by atoms with E-state index in [0.29, 0.717) is 23.6 Å². The summed E-state index contributed by atoms with van der Waals surface area (Å²) >= 11 is 0. The molecule has 0 bridgehead atoms. The summed E-state index contributed by atoms with van der Waals surface area (Å²) in [7, 11) is 0. The van der Waals surface area contributed by atoms with E-state index in [1.165, 1.54) is 11.1 Å². The van der Waals surface area contributed by atoms with E-state index in [0.717, 1.165) is 0 Å². The fourth-order valence-corrected chi connectivity index (χ4v) is 1.48. The van der Waals surface area contributed by atoms with E-state index in [-0.39, 0.29) is 12.3 Å². The van der Waals surface area contributed by atoms with Gasteiger partial charge in [-0.2, -0.15) is 0 Å². The highest BCUT2D eigenvalue weighted by molar-refractivity contribution is 5.39. The molecule has 0 aliphatic rings. The van der Waals surface area contributed by atoms with Gasteiger partial charge < -0.3 is 10.0 Å². The molecule has 0 N–H and O–H groups in total. The van der Waals surface area contributed by atoms with Crippen LogP contribution in [0.1, 0.15) is 19.4 Å². The Morgan fingerprint density at radius 1 is 1.26 bits per heavy atom. The maximum Gasteiger partial charge on any atom is 0.276 e. The first-order chi connectivity index (χ1) is 9.10. The molecule has 0 aliphatic heterocycles. The molecule has 0 radical (unpaired) electrons. The van der Waals surface area contributed by atoms with Gasteiger partial charge >= 0.3 is 0 Å². The third-order valence-electron chi connectivity index (χ3n) is 2.51. The largest absolute Gasteiger partial charge is 0.569 e. The second kappa shape index (κ2) is 7.14. The van der Waals surface area contributed by atoms with Crippen LogP contribution < -0.4 is 0 Å². The van der Waals surface area contributed by atoms with Crippen LogP contribution >= 0.6 is 0 Å². The molecule has 0 saturated carbocycles. The number of nitro benzene ring substituents is 1. The summed E-state index contributed by atoms with van der Waals surface area (Å²) in [5.74, 6) is 0. The number of hydrazine groups is 1. The van der Waals surface area contributed by atoms with Gasteiger partial charge in [-0.3, -0.25) is 10.1 Å². The van der Waals surface area contributed by atoms with Gasteiger partial charge in [0.25, 0.3) is 5.69 Å². The molecule has 0 amide bonds. The maximum absolute atomic E-state index is 11.4. The summed E-state index contributed by atoms with van der Waals surface area (Å²) in [5.41, 5.74) is 0.308. The van der Waals surface area contributed by atoms with Crippen molar-refractivity contribution in [2.24, 2.45) is 5.28 Å². The van der Waals surface area contributed by atoms with Gasteiger partial charge in [-0.05, 0) is 19.9 Å². The monoisotopic (exact) mass is 268 g/mol. The molecule has 0 aliphatic carbocycles. The van der Waals surface area contributed by atoms with E-state index >= 15 is 0 Å². The van der Waals surface area contributed by atoms with Gasteiger partial charge in [-0.1, -0.05) is 12.1 Å². The van der Waals surface area contributed by atoms with Crippen LogP contribution in [0.25, 0.3) is 0 Å². The zero-order valence-corrected chi connectivity index (χ0v) is 10.9. The highest BCUT2D eigenvalue weighted by atomic mass is 16.7. The number of para-hydroxylation sites is 1. The Morgan fingerprint density at radius 2 is 1.89 bits per heavy atom. The fraction of sp³-hybridized carbons (Fsp3) is 0.455. The number of benzene rings is 1. The van der Waals surface area contributed by atoms with Gasteiger partial charge in [0.2, 0.25) is 5.28 Å². The molecule has 104 valence electrons. The summed E-state index contributed by atoms with van der Waals surface area (Å²) < 4.78 is 0. The van der Waals surface area contributed by atoms with Crippen LogP contribution in [0.2, 0.25) is 0 Å². The molecule has 0 spiro atoms. The van der Waals surface area contributed by atoms with Crippen LogP contribution in [0.4, 0.5) is 5.69 Å². The van der Waals surface area contributed by atoms with Gasteiger partial charge in [-0.25, -0.2) is 0 Å². The lowest BCUT2D eigenvalue weighted by atomic mass is 10.2. The van der Waals surface area contributed by atoms with Crippen molar-refractivity contribution in [3.63, 3.8) is 0 Å². The molecule has 0 saturated heterocycles. The minimum Gasteiger partial charge on any atom is -0.569 e. The van der Waals surface area contributed by atoms with Crippen molar-refractivity contribution in [2.45, 2.75) is 20.5 Å². The Kier molecular flexibility index (Phi) is 5.52. The fourth-order valence-electron chi connectivity index (χ4n) is 1.48. The molecule has 0 unspecified atom stereocenters. The highest BCUT2D eigenvalue weighted by Crippen LogP contribution is 2.18. The number of hydrogen-bond acceptors (Lipinski definition) is 5. The quantitative estimate of drug-likeness (QED) is 0.327. The third kappa shape index (κ3) is 4.09. The van der Waals surface area contributed by atoms with Crippen LogP contribution in [0.3, 0.4) is 0 Å². The van der Waals surface area contributed by atoms with E-state index in [2.05, 4.69) is 5.28 Å². The summed E-state index contributed by atoms with van der Waals surface area (Å²) in [5, 5.41) is 26.9. The van der Waals surface area contributed by atoms with Gasteiger partial charge in [0.1, 0.15) is 0 Å². The molecule has 0 heterocycles. The van der Waals surface area contributed by atoms with Crippen LogP contribution in [0.15, 0.2) is 29.5 Å². The lowest BCUT2D eigenvalue weighted by molar-refractivity contribution is -0.710. The van der Waals surface area contributed by atoms with Crippen LogP contribution in [0.5, 0.6) is 0 Å². The Balaban J connectivity index is 2.67. The molecule has 0 atom stereocenters. The Hall–Kier alpha value is -2.38. The molecule has 0 fully saturated rings. The lowest BCUT2D eigenvalue weighted by Gasteiger charge is -2.13. The molecule has 8 nitrogen and oxygen atoms in total. The normalized spacial score (nSPS) is 11.2. The van der Waals surface area contributed by atoms with Gasteiger partial charge in [0, 0.05) is 6.07 Å². The number of rotatable bonds is 7. The predicted molar refractivity (Wildman–Crippen MR) is 66.9 cm³/mol. The van der Waals surface area contributed by atoms with E-state index in [4.69, 9.17) is 4.84 Å². The Labute approximate surface area is 110 Å². The van der Waals surface area contributed by atoms with Crippen molar-refractivity contribution in [1.82, 2.24) is 5.01 Å². The number of hydrogen-bond donors (Lipinski definition) is 0. The molecule has 0 aromatic heterocycles. The highest BCUT2D eigenvalue weighted by Gasteiger charge is 2.13. The van der Waals surface area contributed by atoms with Crippen LogP contribution in [0, 0.1) is 15.3 Å². The summed E-state index contributed by atoms with van der Waals surface area (Å²) in [4.78, 5) is 15.4. The second-order valence-corrected chi connectivity index (χ2v) is 3.63. The Morgan fingerprint density at radius 3 is 2.47 bits per heavy atom. The minimum absolute atomic E-state index is 0.0574. The predicted octanol–water partition coefficient (Wildman–Crippen LogP) is 2.25. The summed E-state index contributed by atoms with van der Waals surface area (Å²) in [6, 6.07) is 6.15. The van der Waals surface area contributed by atoms with Crippen LogP contribution in [-0.4, -0.2) is 28.0 Å². The lowest BCUT2D eigenvalue weighted by Crippen LogP contribution is -2.30. The third-order valence-corrected chi connectivity index (χ3v) is 2.51. The SMILES string of the molecule is CCN(CC)[N+]([O-])=NOCc1ccccc1[N+](=O)[O-]. The summed E-state index contributed by atoms with van der Waals surface area (Å²) in [6.07, 6.45) is 0. The molecule has 1 aromatic rings. The van der Waals surface area contributed by atoms with Crippen molar-refractivity contribution < 1.29 is 14.7 Å². The molecule has 19 heavy (non-hydrogen) atoms. The zero-order valence-electron chi connectivity index (χ0n) is 10.9. The molecular weight excluding hydrogens is 252 g/mol. The van der Waals surface area contributed by atoms with Gasteiger partial charge in [-0.15, -0.1) is 5.01 Å². The van der Waals surface area contributed by atoms with Crippen molar-refractivity contribution in [2.75, 3.05) is 13.1 Å². The standard InChI is InChI=1S/C11H16N4O4/c1-3-13(4-2)15(18)12-19-9-10-7-5-6-8-11(10)14(16)17/h5-8H,3-4,9H2,1-2H3. The first-order valence-electron chi connectivity index (χ1n) is 5.87. The second-order valence-electron chi connectivity index (χ2n) is 3.63. The van der Waals surface area contributed by atoms with Crippen LogP contribution in [-0.2, 0) is 11.4 Å². The maximum atomic E-state index is 11.4. The molecular formula is C11H16N4O4. The Bertz CT molecular complexity index is 460. The average molecular weight is 268 g/mol. The minimum atomic E-state index is -0.502. The smallest absolute Gasteiger partial charge is 0.276 e.